The Labute approximate surface area is 121 Å². The molecule has 0 spiro atoms. The number of likely N-dealkylation sites (N-methyl/N-ethyl adjacent to an activating group) is 1. The zero-order valence-corrected chi connectivity index (χ0v) is 13.1. The van der Waals surface area contributed by atoms with Crippen molar-refractivity contribution in [3.05, 3.63) is 29.6 Å². The monoisotopic (exact) mass is 283 g/mol. The van der Waals surface area contributed by atoms with Crippen LogP contribution in [0.25, 0.3) is 0 Å². The largest absolute Gasteiger partial charge is 0.494 e. The van der Waals surface area contributed by atoms with Crippen molar-refractivity contribution < 1.29 is 14.2 Å². The Hall–Kier alpha value is -1.13. The topological polar surface area (TPSA) is 32.7 Å². The first-order valence-electron chi connectivity index (χ1n) is 7.12. The van der Waals surface area contributed by atoms with Crippen LogP contribution in [0, 0.1) is 5.82 Å². The number of hydrogen-bond acceptors (Lipinski definition) is 3. The molecule has 0 fully saturated rings. The molecule has 0 aliphatic heterocycles. The van der Waals surface area contributed by atoms with Gasteiger partial charge in [-0.2, -0.15) is 0 Å². The molecule has 0 amide bonds. The lowest BCUT2D eigenvalue weighted by Gasteiger charge is -2.41. The number of hydrogen-bond donors (Lipinski definition) is 1. The average Bonchev–Trinajstić information content (AvgIpc) is 2.42. The third kappa shape index (κ3) is 3.49. The van der Waals surface area contributed by atoms with Gasteiger partial charge in [0.1, 0.15) is 0 Å². The molecule has 0 saturated carbocycles. The first-order valence-corrected chi connectivity index (χ1v) is 7.12. The molecule has 1 N–H and O–H groups in total. The number of rotatable bonds is 7. The molecule has 1 rings (SSSR count). The first-order chi connectivity index (χ1) is 9.38. The van der Waals surface area contributed by atoms with Gasteiger partial charge in [0, 0.05) is 12.0 Å². The molecule has 1 aromatic carbocycles. The Morgan fingerprint density at radius 1 is 1.30 bits per heavy atom. The van der Waals surface area contributed by atoms with Crippen LogP contribution in [0.15, 0.2) is 18.2 Å². The second kappa shape index (κ2) is 7.04. The van der Waals surface area contributed by atoms with E-state index in [4.69, 9.17) is 4.74 Å². The van der Waals surface area contributed by atoms with Crippen molar-refractivity contribution in [3.63, 3.8) is 0 Å². The van der Waals surface area contributed by atoms with Gasteiger partial charge in [0.2, 0.25) is 0 Å². The SMILES string of the molecule is CCN(CC)C(C)(C)C(O)Cc1cccc(OC)c1F. The maximum atomic E-state index is 14.1. The molecule has 0 aromatic heterocycles. The van der Waals surface area contributed by atoms with Gasteiger partial charge in [-0.3, -0.25) is 4.90 Å². The lowest BCUT2D eigenvalue weighted by Crippen LogP contribution is -2.53. The minimum Gasteiger partial charge on any atom is -0.494 e. The zero-order valence-electron chi connectivity index (χ0n) is 13.1. The highest BCUT2D eigenvalue weighted by Crippen LogP contribution is 2.26. The Bertz CT molecular complexity index is 430. The molecule has 4 heteroatoms. The van der Waals surface area contributed by atoms with Crippen LogP contribution in [-0.2, 0) is 6.42 Å². The summed E-state index contributed by atoms with van der Waals surface area (Å²) in [6, 6.07) is 5.02. The summed E-state index contributed by atoms with van der Waals surface area (Å²) in [6.07, 6.45) is -0.379. The van der Waals surface area contributed by atoms with E-state index in [9.17, 15) is 9.50 Å². The van der Waals surface area contributed by atoms with Gasteiger partial charge in [-0.1, -0.05) is 26.0 Å². The Kier molecular flexibility index (Phi) is 5.96. The third-order valence-electron chi connectivity index (χ3n) is 4.07. The molecule has 0 bridgehead atoms. The lowest BCUT2D eigenvalue weighted by molar-refractivity contribution is -0.00458. The number of halogens is 1. The third-order valence-corrected chi connectivity index (χ3v) is 4.07. The van der Waals surface area contributed by atoms with Gasteiger partial charge in [-0.25, -0.2) is 4.39 Å². The van der Waals surface area contributed by atoms with Crippen LogP contribution in [-0.4, -0.2) is 41.8 Å². The van der Waals surface area contributed by atoms with Crippen LogP contribution < -0.4 is 4.74 Å². The fraction of sp³-hybridized carbons (Fsp3) is 0.625. The summed E-state index contributed by atoms with van der Waals surface area (Å²) in [5, 5.41) is 10.5. The van der Waals surface area contributed by atoms with Crippen molar-refractivity contribution in [2.45, 2.75) is 45.8 Å². The molecule has 1 aromatic rings. The Morgan fingerprint density at radius 2 is 1.90 bits per heavy atom. The number of aliphatic hydroxyl groups excluding tert-OH is 1. The van der Waals surface area contributed by atoms with Gasteiger partial charge in [-0.05, 0) is 38.6 Å². The second-order valence-electron chi connectivity index (χ2n) is 5.48. The number of nitrogens with zero attached hydrogens (tertiary/aromatic N) is 1. The molecule has 0 saturated heterocycles. The minimum absolute atomic E-state index is 0.218. The van der Waals surface area contributed by atoms with E-state index in [0.29, 0.717) is 5.56 Å². The zero-order chi connectivity index (χ0) is 15.3. The summed E-state index contributed by atoms with van der Waals surface area (Å²) >= 11 is 0. The molecular formula is C16H26FNO2. The van der Waals surface area contributed by atoms with Crippen molar-refractivity contribution in [1.82, 2.24) is 4.90 Å². The fourth-order valence-electron chi connectivity index (χ4n) is 2.58. The van der Waals surface area contributed by atoms with Gasteiger partial charge in [0.05, 0.1) is 13.2 Å². The van der Waals surface area contributed by atoms with Crippen molar-refractivity contribution in [3.8, 4) is 5.75 Å². The summed E-state index contributed by atoms with van der Waals surface area (Å²) in [6.45, 7) is 9.79. The molecule has 0 aliphatic rings. The van der Waals surface area contributed by atoms with Crippen molar-refractivity contribution >= 4 is 0 Å². The first kappa shape index (κ1) is 16.9. The molecule has 0 heterocycles. The number of methoxy groups -OCH3 is 1. The maximum Gasteiger partial charge on any atom is 0.168 e. The Balaban J connectivity index is 2.92. The number of aliphatic hydroxyl groups is 1. The predicted molar refractivity (Wildman–Crippen MR) is 79.7 cm³/mol. The van der Waals surface area contributed by atoms with E-state index in [1.807, 2.05) is 13.8 Å². The van der Waals surface area contributed by atoms with Crippen LogP contribution in [0.3, 0.4) is 0 Å². The standard InChI is InChI=1S/C16H26FNO2/c1-6-18(7-2)16(3,4)14(19)11-12-9-8-10-13(20-5)15(12)17/h8-10,14,19H,6-7,11H2,1-5H3. The van der Waals surface area contributed by atoms with Crippen LogP contribution in [0.5, 0.6) is 5.75 Å². The van der Waals surface area contributed by atoms with Crippen molar-refractivity contribution in [2.24, 2.45) is 0 Å². The smallest absolute Gasteiger partial charge is 0.168 e. The molecule has 3 nitrogen and oxygen atoms in total. The summed E-state index contributed by atoms with van der Waals surface area (Å²) in [5.74, 6) is -0.167. The second-order valence-corrected chi connectivity index (χ2v) is 5.48. The highest BCUT2D eigenvalue weighted by molar-refractivity contribution is 5.31. The van der Waals surface area contributed by atoms with Crippen molar-refractivity contribution in [2.75, 3.05) is 20.2 Å². The van der Waals surface area contributed by atoms with E-state index >= 15 is 0 Å². The molecule has 1 unspecified atom stereocenters. The summed E-state index contributed by atoms with van der Waals surface area (Å²) in [5.41, 5.74) is 0.0797. The molecule has 114 valence electrons. The van der Waals surface area contributed by atoms with Gasteiger partial charge in [0.15, 0.2) is 11.6 Å². The highest BCUT2D eigenvalue weighted by atomic mass is 19.1. The van der Waals surface area contributed by atoms with E-state index in [-0.39, 0.29) is 18.0 Å². The van der Waals surface area contributed by atoms with Gasteiger partial charge in [0.25, 0.3) is 0 Å². The minimum atomic E-state index is -0.649. The van der Waals surface area contributed by atoms with Crippen LogP contribution in [0.1, 0.15) is 33.3 Å². The number of ether oxygens (including phenoxy) is 1. The van der Waals surface area contributed by atoms with Crippen molar-refractivity contribution in [1.29, 1.82) is 0 Å². The summed E-state index contributed by atoms with van der Waals surface area (Å²) < 4.78 is 19.1. The van der Waals surface area contributed by atoms with Gasteiger partial charge < -0.3 is 9.84 Å². The molecule has 20 heavy (non-hydrogen) atoms. The van der Waals surface area contributed by atoms with Crippen LogP contribution >= 0.6 is 0 Å². The van der Waals surface area contributed by atoms with Gasteiger partial charge in [-0.15, -0.1) is 0 Å². The number of benzene rings is 1. The normalized spacial score (nSPS) is 13.6. The molecular weight excluding hydrogens is 257 g/mol. The van der Waals surface area contributed by atoms with E-state index < -0.39 is 11.6 Å². The maximum absolute atomic E-state index is 14.1. The average molecular weight is 283 g/mol. The highest BCUT2D eigenvalue weighted by Gasteiger charge is 2.33. The van der Waals surface area contributed by atoms with E-state index in [1.165, 1.54) is 7.11 Å². The summed E-state index contributed by atoms with van der Waals surface area (Å²) in [7, 11) is 1.44. The lowest BCUT2D eigenvalue weighted by atomic mass is 9.89. The molecule has 0 radical (unpaired) electrons. The molecule has 0 aliphatic carbocycles. The van der Waals surface area contributed by atoms with Gasteiger partial charge >= 0.3 is 0 Å². The predicted octanol–water partition coefficient (Wildman–Crippen LogP) is 2.86. The quantitative estimate of drug-likeness (QED) is 0.835. The fourth-order valence-corrected chi connectivity index (χ4v) is 2.58. The van der Waals surface area contributed by atoms with E-state index in [1.54, 1.807) is 18.2 Å². The van der Waals surface area contributed by atoms with Crippen LogP contribution in [0.4, 0.5) is 4.39 Å². The summed E-state index contributed by atoms with van der Waals surface area (Å²) in [4.78, 5) is 2.18. The van der Waals surface area contributed by atoms with E-state index in [2.05, 4.69) is 18.7 Å². The van der Waals surface area contributed by atoms with Crippen LogP contribution in [0.2, 0.25) is 0 Å². The molecule has 1 atom stereocenters. The Morgan fingerprint density at radius 3 is 2.40 bits per heavy atom. The van der Waals surface area contributed by atoms with E-state index in [0.717, 1.165) is 13.1 Å².